The number of carbonyl (C=O) groups is 1. The molecular weight excluding hydrogens is 470 g/mol. The molecule has 0 atom stereocenters. The molecule has 34 heavy (non-hydrogen) atoms. The van der Waals surface area contributed by atoms with E-state index in [0.717, 1.165) is 27.3 Å². The van der Waals surface area contributed by atoms with Crippen LogP contribution in [0.3, 0.4) is 0 Å². The van der Waals surface area contributed by atoms with E-state index in [9.17, 15) is 13.2 Å². The Kier molecular flexibility index (Phi) is 7.46. The molecule has 0 amide bonds. The van der Waals surface area contributed by atoms with Gasteiger partial charge >= 0.3 is 5.97 Å². The topological polar surface area (TPSA) is 100 Å². The van der Waals surface area contributed by atoms with Crippen LogP contribution in [0, 0.1) is 0 Å². The molecule has 174 valence electrons. The third-order valence-electron chi connectivity index (χ3n) is 5.21. The molecule has 0 spiro atoms. The van der Waals surface area contributed by atoms with Gasteiger partial charge in [0.25, 0.3) is 10.0 Å². The number of carboxylic acid groups (broad SMARTS) is 1. The minimum absolute atomic E-state index is 0.0172. The van der Waals surface area contributed by atoms with Gasteiger partial charge in [0.15, 0.2) is 5.03 Å². The van der Waals surface area contributed by atoms with Crippen molar-refractivity contribution in [2.75, 3.05) is 0 Å². The first-order chi connectivity index (χ1) is 16.4. The second kappa shape index (κ2) is 10.7. The van der Waals surface area contributed by atoms with Gasteiger partial charge in [-0.3, -0.25) is 4.79 Å². The zero-order valence-electron chi connectivity index (χ0n) is 18.2. The number of aliphatic carboxylic acids is 1. The first kappa shape index (κ1) is 23.7. The molecule has 0 saturated heterocycles. The first-order valence-electron chi connectivity index (χ1n) is 10.6. The predicted molar refractivity (Wildman–Crippen MR) is 131 cm³/mol. The average Bonchev–Trinajstić information content (AvgIpc) is 3.39. The van der Waals surface area contributed by atoms with Crippen LogP contribution in [0.4, 0.5) is 0 Å². The molecule has 1 N–H and O–H groups in total. The van der Waals surface area contributed by atoms with E-state index in [2.05, 4.69) is 9.97 Å². The molecule has 9 heteroatoms. The summed E-state index contributed by atoms with van der Waals surface area (Å²) in [7, 11) is -3.87. The van der Waals surface area contributed by atoms with E-state index in [1.165, 1.54) is 16.6 Å². The van der Waals surface area contributed by atoms with Gasteiger partial charge in [-0.1, -0.05) is 54.6 Å². The van der Waals surface area contributed by atoms with Crippen LogP contribution in [0.2, 0.25) is 0 Å². The molecule has 2 aromatic carbocycles. The van der Waals surface area contributed by atoms with Crippen LogP contribution < -0.4 is 0 Å². The summed E-state index contributed by atoms with van der Waals surface area (Å²) in [6.45, 7) is 0.296. The van der Waals surface area contributed by atoms with E-state index in [1.807, 2.05) is 53.9 Å². The van der Waals surface area contributed by atoms with Crippen molar-refractivity contribution >= 4 is 27.3 Å². The number of hydrogen-bond donors (Lipinski definition) is 1. The van der Waals surface area contributed by atoms with Gasteiger partial charge < -0.3 is 5.11 Å². The smallest absolute Gasteiger partial charge is 0.303 e. The fourth-order valence-electron chi connectivity index (χ4n) is 3.52. The van der Waals surface area contributed by atoms with Crippen molar-refractivity contribution in [1.29, 1.82) is 0 Å². The summed E-state index contributed by atoms with van der Waals surface area (Å²) < 4.78 is 28.3. The molecule has 7 nitrogen and oxygen atoms in total. The summed E-state index contributed by atoms with van der Waals surface area (Å²) in [4.78, 5) is 19.3. The molecular formula is C25H23N3O4S2. The van der Waals surface area contributed by atoms with Crippen molar-refractivity contribution in [2.45, 2.75) is 31.0 Å². The molecule has 0 aliphatic rings. The highest BCUT2D eigenvalue weighted by atomic mass is 32.2. The number of nitrogens with zero attached hydrogens (tertiary/aromatic N) is 3. The lowest BCUT2D eigenvalue weighted by Gasteiger charge is -2.22. The fraction of sp³-hybridized carbons (Fsp3) is 0.160. The molecule has 0 aliphatic heterocycles. The Balaban J connectivity index is 1.61. The number of rotatable bonds is 10. The molecule has 2 aromatic heterocycles. The Labute approximate surface area is 202 Å². The Hall–Kier alpha value is -3.40. The van der Waals surface area contributed by atoms with E-state index < -0.39 is 16.0 Å². The number of sulfonamides is 1. The summed E-state index contributed by atoms with van der Waals surface area (Å²) in [6.07, 6.45) is 3.61. The van der Waals surface area contributed by atoms with Gasteiger partial charge in [0.05, 0.1) is 0 Å². The van der Waals surface area contributed by atoms with Crippen molar-refractivity contribution in [1.82, 2.24) is 14.3 Å². The van der Waals surface area contributed by atoms with Crippen LogP contribution in [0.1, 0.15) is 23.1 Å². The van der Waals surface area contributed by atoms with Crippen LogP contribution in [-0.2, 0) is 34.3 Å². The fourth-order valence-corrected chi connectivity index (χ4v) is 5.51. The largest absolute Gasteiger partial charge is 0.481 e. The number of benzene rings is 2. The van der Waals surface area contributed by atoms with Gasteiger partial charge in [-0.15, -0.1) is 11.3 Å². The van der Waals surface area contributed by atoms with Crippen molar-refractivity contribution in [2.24, 2.45) is 0 Å². The standard InChI is InChI=1S/C25H23N3O4S2/c29-24(30)12-9-19-4-3-5-21(16-19)18-28(34(31,32)23-6-1-2-13-26-23)17-20-7-10-22(11-8-20)25-27-14-15-33-25/h1-8,10-11,13-16H,9,12,17-18H2,(H,29,30). The maximum atomic E-state index is 13.5. The summed E-state index contributed by atoms with van der Waals surface area (Å²) in [5.41, 5.74) is 3.44. The maximum Gasteiger partial charge on any atom is 0.303 e. The van der Waals surface area contributed by atoms with Crippen LogP contribution >= 0.6 is 11.3 Å². The molecule has 4 rings (SSSR count). The quantitative estimate of drug-likeness (QED) is 0.346. The second-order valence-electron chi connectivity index (χ2n) is 7.69. The number of carboxylic acids is 1. The van der Waals surface area contributed by atoms with Crippen LogP contribution in [0.5, 0.6) is 0 Å². The van der Waals surface area contributed by atoms with Crippen molar-refractivity contribution in [3.05, 3.63) is 101 Å². The van der Waals surface area contributed by atoms with Crippen LogP contribution in [0.15, 0.2) is 89.5 Å². The SMILES string of the molecule is O=C(O)CCc1cccc(CN(Cc2ccc(-c3nccs3)cc2)S(=O)(=O)c2ccccn2)c1. The molecule has 0 unspecified atom stereocenters. The molecule has 0 bridgehead atoms. The number of aromatic nitrogens is 2. The highest BCUT2D eigenvalue weighted by Crippen LogP contribution is 2.24. The lowest BCUT2D eigenvalue weighted by atomic mass is 10.1. The zero-order chi connectivity index (χ0) is 24.0. The van der Waals surface area contributed by atoms with Gasteiger partial charge in [-0.05, 0) is 35.2 Å². The van der Waals surface area contributed by atoms with E-state index >= 15 is 0 Å². The molecule has 0 fully saturated rings. The second-order valence-corrected chi connectivity index (χ2v) is 10.5. The minimum Gasteiger partial charge on any atom is -0.481 e. The number of aryl methyl sites for hydroxylation is 1. The Morgan fingerprint density at radius 2 is 1.65 bits per heavy atom. The van der Waals surface area contributed by atoms with Gasteiger partial charge in [-0.2, -0.15) is 4.31 Å². The van der Waals surface area contributed by atoms with Crippen molar-refractivity contribution in [3.8, 4) is 10.6 Å². The van der Waals surface area contributed by atoms with Crippen LogP contribution in [0.25, 0.3) is 10.6 Å². The lowest BCUT2D eigenvalue weighted by Crippen LogP contribution is -2.31. The van der Waals surface area contributed by atoms with E-state index in [0.29, 0.717) is 6.42 Å². The van der Waals surface area contributed by atoms with Gasteiger partial charge in [0.1, 0.15) is 5.01 Å². The predicted octanol–water partition coefficient (Wildman–Crippen LogP) is 4.61. The average molecular weight is 494 g/mol. The maximum absolute atomic E-state index is 13.5. The summed E-state index contributed by atoms with van der Waals surface area (Å²) in [5, 5.41) is 11.8. The molecule has 0 aliphatic carbocycles. The van der Waals surface area contributed by atoms with Crippen LogP contribution in [-0.4, -0.2) is 33.8 Å². The molecule has 2 heterocycles. The summed E-state index contributed by atoms with van der Waals surface area (Å²) in [6, 6.07) is 19.9. The Morgan fingerprint density at radius 1 is 0.882 bits per heavy atom. The van der Waals surface area contributed by atoms with E-state index in [4.69, 9.17) is 5.11 Å². The number of thiazole rings is 1. The van der Waals surface area contributed by atoms with Gasteiger partial charge in [-0.25, -0.2) is 18.4 Å². The third-order valence-corrected chi connectivity index (χ3v) is 7.74. The Morgan fingerprint density at radius 3 is 2.32 bits per heavy atom. The molecule has 0 radical (unpaired) electrons. The molecule has 4 aromatic rings. The van der Waals surface area contributed by atoms with Crippen molar-refractivity contribution in [3.63, 3.8) is 0 Å². The molecule has 0 saturated carbocycles. The monoisotopic (exact) mass is 493 g/mol. The minimum atomic E-state index is -3.87. The third kappa shape index (κ3) is 5.93. The number of pyridine rings is 1. The zero-order valence-corrected chi connectivity index (χ0v) is 19.9. The van der Waals surface area contributed by atoms with Crippen molar-refractivity contribution < 1.29 is 18.3 Å². The number of hydrogen-bond acceptors (Lipinski definition) is 6. The van der Waals surface area contributed by atoms with E-state index in [-0.39, 0.29) is 24.5 Å². The highest BCUT2D eigenvalue weighted by Gasteiger charge is 2.26. The normalized spacial score (nSPS) is 11.6. The lowest BCUT2D eigenvalue weighted by molar-refractivity contribution is -0.136. The Bertz CT molecular complexity index is 1340. The van der Waals surface area contributed by atoms with E-state index in [1.54, 1.807) is 29.7 Å². The summed E-state index contributed by atoms with van der Waals surface area (Å²) >= 11 is 1.54. The van der Waals surface area contributed by atoms with Gasteiger partial charge in [0, 0.05) is 42.8 Å². The first-order valence-corrected chi connectivity index (χ1v) is 12.9. The van der Waals surface area contributed by atoms with Gasteiger partial charge in [0.2, 0.25) is 0 Å². The highest BCUT2D eigenvalue weighted by molar-refractivity contribution is 7.89. The summed E-state index contributed by atoms with van der Waals surface area (Å²) in [5.74, 6) is -0.869.